The molecule has 0 aliphatic carbocycles. The van der Waals surface area contributed by atoms with Crippen molar-refractivity contribution in [1.82, 2.24) is 10.2 Å². The molecule has 9 heteroatoms. The predicted molar refractivity (Wildman–Crippen MR) is 107 cm³/mol. The Bertz CT molecular complexity index is 982. The highest BCUT2D eigenvalue weighted by Crippen LogP contribution is 2.32. The zero-order valence-corrected chi connectivity index (χ0v) is 17.5. The first-order valence-electron chi connectivity index (χ1n) is 8.68. The van der Waals surface area contributed by atoms with Gasteiger partial charge in [0.15, 0.2) is 0 Å². The Morgan fingerprint density at radius 3 is 2.48 bits per heavy atom. The molecule has 2 aromatic rings. The normalized spacial score (nSPS) is 24.7. The third-order valence-corrected chi connectivity index (χ3v) is 9.31. The van der Waals surface area contributed by atoms with Gasteiger partial charge in [-0.15, -0.1) is 11.3 Å². The number of carbonyl (C=O) groups is 1. The van der Waals surface area contributed by atoms with E-state index < -0.39 is 9.84 Å². The number of carbonyl (C=O) groups excluding carboxylic acids is 1. The molecule has 0 radical (unpaired) electrons. The zero-order chi connectivity index (χ0) is 19.2. The van der Waals surface area contributed by atoms with Gasteiger partial charge in [0.05, 0.1) is 19.8 Å². The number of piperidine rings is 3. The molecule has 1 amide bonds. The van der Waals surface area contributed by atoms with E-state index >= 15 is 0 Å². The summed E-state index contributed by atoms with van der Waals surface area (Å²) in [5.74, 6) is 0.299. The SMILES string of the molecule is O=C(N[C@H]1CN2CCC1CC2)c1ccc(S(=O)(=O)c2ccc(Cl)c(Cl)c2)s1. The first-order chi connectivity index (χ1) is 12.8. The molecule has 3 saturated heterocycles. The molecule has 3 fully saturated rings. The van der Waals surface area contributed by atoms with Crippen molar-refractivity contribution in [3.8, 4) is 0 Å². The maximum Gasteiger partial charge on any atom is 0.261 e. The molecular formula is C18H18Cl2N2O3S2. The minimum Gasteiger partial charge on any atom is -0.347 e. The van der Waals surface area contributed by atoms with Gasteiger partial charge in [-0.3, -0.25) is 4.79 Å². The molecular weight excluding hydrogens is 427 g/mol. The molecule has 1 aromatic carbocycles. The summed E-state index contributed by atoms with van der Waals surface area (Å²) >= 11 is 12.8. The number of hydrogen-bond acceptors (Lipinski definition) is 5. The number of halogens is 2. The van der Waals surface area contributed by atoms with E-state index in [1.54, 1.807) is 6.07 Å². The van der Waals surface area contributed by atoms with Crippen LogP contribution in [0.5, 0.6) is 0 Å². The minimum atomic E-state index is -3.75. The van der Waals surface area contributed by atoms with Crippen LogP contribution in [0.4, 0.5) is 0 Å². The summed E-state index contributed by atoms with van der Waals surface area (Å²) in [6.45, 7) is 3.07. The van der Waals surface area contributed by atoms with Crippen LogP contribution in [0.2, 0.25) is 10.0 Å². The van der Waals surface area contributed by atoms with E-state index in [4.69, 9.17) is 23.2 Å². The second-order valence-electron chi connectivity index (χ2n) is 6.92. The lowest BCUT2D eigenvalue weighted by Gasteiger charge is -2.44. The number of fused-ring (bicyclic) bond motifs is 3. The van der Waals surface area contributed by atoms with Crippen molar-refractivity contribution in [3.05, 3.63) is 45.3 Å². The molecule has 5 rings (SSSR count). The van der Waals surface area contributed by atoms with Crippen molar-refractivity contribution in [3.63, 3.8) is 0 Å². The molecule has 0 unspecified atom stereocenters. The van der Waals surface area contributed by atoms with Gasteiger partial charge in [-0.25, -0.2) is 8.42 Å². The molecule has 1 N–H and O–H groups in total. The number of amides is 1. The largest absolute Gasteiger partial charge is 0.347 e. The van der Waals surface area contributed by atoms with Crippen molar-refractivity contribution in [1.29, 1.82) is 0 Å². The van der Waals surface area contributed by atoms with Crippen molar-refractivity contribution in [2.45, 2.75) is 28.0 Å². The summed E-state index contributed by atoms with van der Waals surface area (Å²) < 4.78 is 25.7. The zero-order valence-electron chi connectivity index (χ0n) is 14.3. The van der Waals surface area contributed by atoms with Gasteiger partial charge in [0.25, 0.3) is 5.91 Å². The Morgan fingerprint density at radius 1 is 1.11 bits per heavy atom. The van der Waals surface area contributed by atoms with Crippen LogP contribution < -0.4 is 5.32 Å². The van der Waals surface area contributed by atoms with Crippen LogP contribution in [0.25, 0.3) is 0 Å². The molecule has 5 nitrogen and oxygen atoms in total. The smallest absolute Gasteiger partial charge is 0.261 e. The third kappa shape index (κ3) is 3.76. The summed E-state index contributed by atoms with van der Waals surface area (Å²) in [5.41, 5.74) is 0. The molecule has 1 aromatic heterocycles. The average Bonchev–Trinajstić information content (AvgIpc) is 3.16. The molecule has 3 aliphatic heterocycles. The lowest BCUT2D eigenvalue weighted by molar-refractivity contribution is 0.0622. The number of nitrogens with one attached hydrogen (secondary N) is 1. The highest BCUT2D eigenvalue weighted by Gasteiger charge is 2.35. The standard InChI is InChI=1S/C18H18Cl2N2O3S2/c19-13-2-1-12(9-14(13)20)27(24,25)17-4-3-16(26-17)18(23)21-15-10-22-7-5-11(15)6-8-22/h1-4,9,11,15H,5-8,10H2,(H,21,23)/t15-/m0/s1. The predicted octanol–water partition coefficient (Wildman–Crippen LogP) is 3.71. The van der Waals surface area contributed by atoms with Gasteiger partial charge in [-0.1, -0.05) is 23.2 Å². The first-order valence-corrected chi connectivity index (χ1v) is 11.7. The quantitative estimate of drug-likeness (QED) is 0.779. The van der Waals surface area contributed by atoms with Crippen LogP contribution in [-0.4, -0.2) is 44.9 Å². The maximum atomic E-state index is 12.8. The lowest BCUT2D eigenvalue weighted by atomic mass is 9.84. The van der Waals surface area contributed by atoms with Gasteiger partial charge in [-0.2, -0.15) is 0 Å². The van der Waals surface area contributed by atoms with Gasteiger partial charge < -0.3 is 10.2 Å². The van der Waals surface area contributed by atoms with E-state index in [0.717, 1.165) is 43.8 Å². The summed E-state index contributed by atoms with van der Waals surface area (Å²) in [6, 6.07) is 7.35. The molecule has 0 spiro atoms. The van der Waals surface area contributed by atoms with Gasteiger partial charge in [-0.05, 0) is 62.2 Å². The molecule has 144 valence electrons. The number of nitrogens with zero attached hydrogens (tertiary/aromatic N) is 1. The van der Waals surface area contributed by atoms with Crippen LogP contribution in [0.3, 0.4) is 0 Å². The molecule has 27 heavy (non-hydrogen) atoms. The van der Waals surface area contributed by atoms with Gasteiger partial charge in [0, 0.05) is 12.6 Å². The van der Waals surface area contributed by atoms with Crippen LogP contribution >= 0.6 is 34.5 Å². The fraction of sp³-hybridized carbons (Fsp3) is 0.389. The highest BCUT2D eigenvalue weighted by molar-refractivity contribution is 7.93. The van der Waals surface area contributed by atoms with E-state index in [1.165, 1.54) is 24.3 Å². The number of rotatable bonds is 4. The van der Waals surface area contributed by atoms with Gasteiger partial charge in [0.1, 0.15) is 4.21 Å². The molecule has 4 heterocycles. The number of benzene rings is 1. The van der Waals surface area contributed by atoms with Crippen molar-refractivity contribution in [2.24, 2.45) is 5.92 Å². The van der Waals surface area contributed by atoms with Gasteiger partial charge in [0.2, 0.25) is 9.84 Å². The summed E-state index contributed by atoms with van der Waals surface area (Å²) in [7, 11) is -3.75. The van der Waals surface area contributed by atoms with E-state index in [9.17, 15) is 13.2 Å². The Kier molecular flexibility index (Phi) is 5.24. The van der Waals surface area contributed by atoms with Crippen molar-refractivity contribution >= 4 is 50.3 Å². The van der Waals surface area contributed by atoms with Crippen LogP contribution in [0.15, 0.2) is 39.4 Å². The molecule has 3 aliphatic rings. The summed E-state index contributed by atoms with van der Waals surface area (Å²) in [5, 5.41) is 3.55. The maximum absolute atomic E-state index is 12.8. The highest BCUT2D eigenvalue weighted by atomic mass is 35.5. The van der Waals surface area contributed by atoms with E-state index in [2.05, 4.69) is 10.2 Å². The van der Waals surface area contributed by atoms with Crippen molar-refractivity contribution in [2.75, 3.05) is 19.6 Å². The summed E-state index contributed by atoms with van der Waals surface area (Å²) in [6.07, 6.45) is 2.21. The minimum absolute atomic E-state index is 0.0584. The van der Waals surface area contributed by atoms with Crippen LogP contribution in [0, 0.1) is 5.92 Å². The average molecular weight is 445 g/mol. The Balaban J connectivity index is 1.52. The van der Waals surface area contributed by atoms with E-state index in [1.807, 2.05) is 0 Å². The topological polar surface area (TPSA) is 66.5 Å². The van der Waals surface area contributed by atoms with Crippen LogP contribution in [0.1, 0.15) is 22.5 Å². The monoisotopic (exact) mass is 444 g/mol. The second kappa shape index (κ2) is 7.37. The molecule has 2 bridgehead atoms. The Morgan fingerprint density at radius 2 is 1.85 bits per heavy atom. The first kappa shape index (κ1) is 19.2. The number of hydrogen-bond donors (Lipinski definition) is 1. The number of sulfone groups is 1. The van der Waals surface area contributed by atoms with Crippen LogP contribution in [-0.2, 0) is 9.84 Å². The van der Waals surface area contributed by atoms with Crippen molar-refractivity contribution < 1.29 is 13.2 Å². The Hall–Kier alpha value is -1.12. The fourth-order valence-electron chi connectivity index (χ4n) is 3.71. The molecule has 0 saturated carbocycles. The van der Waals surface area contributed by atoms with E-state index in [0.29, 0.717) is 15.8 Å². The Labute approximate surface area is 172 Å². The summed E-state index contributed by atoms with van der Waals surface area (Å²) in [4.78, 5) is 15.4. The third-order valence-electron chi connectivity index (χ3n) is 5.24. The van der Waals surface area contributed by atoms with Gasteiger partial charge >= 0.3 is 0 Å². The second-order valence-corrected chi connectivity index (χ2v) is 11.0. The van der Waals surface area contributed by atoms with E-state index in [-0.39, 0.29) is 26.1 Å². The molecule has 1 atom stereocenters. The fourth-order valence-corrected chi connectivity index (χ4v) is 6.71. The lowest BCUT2D eigenvalue weighted by Crippen LogP contribution is -2.57. The number of thiophene rings is 1.